The van der Waals surface area contributed by atoms with E-state index in [-0.39, 0.29) is 24.0 Å². The lowest BCUT2D eigenvalue weighted by atomic mass is 10.1. The van der Waals surface area contributed by atoms with Gasteiger partial charge in [0, 0.05) is 10.6 Å². The zero-order valence-corrected chi connectivity index (χ0v) is 24.9. The van der Waals surface area contributed by atoms with E-state index in [1.807, 2.05) is 0 Å². The minimum Gasteiger partial charge on any atom is -1.00 e. The first-order valence-corrected chi connectivity index (χ1v) is 13.9. The molecule has 0 amide bonds. The average molecular weight is 618 g/mol. The Balaban J connectivity index is 0. The molecule has 0 atom stereocenters. The fraction of sp³-hybridized carbons (Fsp3) is 0.680. The summed E-state index contributed by atoms with van der Waals surface area (Å²) in [6.07, 6.45) is 12.3. The van der Waals surface area contributed by atoms with Crippen molar-refractivity contribution in [1.29, 1.82) is 0 Å². The van der Waals surface area contributed by atoms with Crippen molar-refractivity contribution in [2.75, 3.05) is 33.3 Å². The van der Waals surface area contributed by atoms with Crippen LogP contribution in [-0.4, -0.2) is 50.7 Å². The van der Waals surface area contributed by atoms with Gasteiger partial charge < -0.3 is 33.2 Å². The maximum Gasteiger partial charge on any atom is 0.287 e. The fourth-order valence-corrected chi connectivity index (χ4v) is 4.11. The Morgan fingerprint density at radius 3 is 1.67 bits per heavy atom. The van der Waals surface area contributed by atoms with E-state index < -0.39 is 10.1 Å². The maximum atomic E-state index is 10.5. The smallest absolute Gasteiger partial charge is 0.287 e. The molecule has 0 aromatic heterocycles. The third-order valence-corrected chi connectivity index (χ3v) is 6.27. The van der Waals surface area contributed by atoms with Crippen LogP contribution in [0.4, 0.5) is 0 Å². The summed E-state index contributed by atoms with van der Waals surface area (Å²) in [5, 5.41) is 1.16. The Hall–Kier alpha value is -0.350. The van der Waals surface area contributed by atoms with E-state index in [2.05, 4.69) is 27.7 Å². The van der Waals surface area contributed by atoms with Crippen molar-refractivity contribution in [3.05, 3.63) is 34.2 Å². The number of unbranched alkanes of at least 4 members (excludes halogenated alkanes) is 4. The van der Waals surface area contributed by atoms with Gasteiger partial charge in [-0.25, -0.2) is 0 Å². The molecule has 0 radical (unpaired) electrons. The second-order valence-corrected chi connectivity index (χ2v) is 10.1. The first-order chi connectivity index (χ1) is 15.2. The van der Waals surface area contributed by atoms with E-state index in [1.54, 1.807) is 18.2 Å². The number of ether oxygens (including phenoxy) is 1. The van der Waals surface area contributed by atoms with Crippen molar-refractivity contribution in [2.45, 2.75) is 79.1 Å². The third-order valence-electron chi connectivity index (χ3n) is 5.56. The van der Waals surface area contributed by atoms with Crippen LogP contribution in [-0.2, 0) is 10.1 Å². The van der Waals surface area contributed by atoms with Crippen LogP contribution in [0.2, 0.25) is 5.02 Å². The molecule has 0 bridgehead atoms. The zero-order chi connectivity index (χ0) is 24.5. The number of rotatable bonds is 15. The molecule has 0 spiro atoms. The van der Waals surface area contributed by atoms with Crippen molar-refractivity contribution >= 4 is 27.8 Å². The van der Waals surface area contributed by atoms with Crippen LogP contribution in [0.5, 0.6) is 5.75 Å². The number of hydrogen-bond donors (Lipinski definition) is 1. The fourth-order valence-electron chi connectivity index (χ4n) is 3.63. The van der Waals surface area contributed by atoms with Gasteiger partial charge in [0.1, 0.15) is 5.75 Å². The lowest BCUT2D eigenvalue weighted by molar-refractivity contribution is -0.929. The number of methoxy groups -OCH3 is 1. The van der Waals surface area contributed by atoms with Crippen molar-refractivity contribution in [1.82, 2.24) is 0 Å². The molecular weight excluding hydrogens is 573 g/mol. The van der Waals surface area contributed by atoms with E-state index in [4.69, 9.17) is 20.9 Å². The number of quaternary nitrogens is 1. The Kier molecular flexibility index (Phi) is 21.0. The summed E-state index contributed by atoms with van der Waals surface area (Å²) in [6.45, 7) is 15.0. The Bertz CT molecular complexity index is 719. The van der Waals surface area contributed by atoms with E-state index >= 15 is 0 Å². The van der Waals surface area contributed by atoms with E-state index in [1.165, 1.54) is 95.2 Å². The van der Waals surface area contributed by atoms with Crippen molar-refractivity contribution < 1.29 is 46.2 Å². The predicted molar refractivity (Wildman–Crippen MR) is 138 cm³/mol. The normalized spacial score (nSPS) is 11.6. The third kappa shape index (κ3) is 16.8. The van der Waals surface area contributed by atoms with Gasteiger partial charge >= 0.3 is 0 Å². The van der Waals surface area contributed by atoms with Gasteiger partial charge in [0.05, 0.1) is 38.7 Å². The summed E-state index contributed by atoms with van der Waals surface area (Å²) in [4.78, 5) is 0. The lowest BCUT2D eigenvalue weighted by Crippen LogP contribution is -3.00. The van der Waals surface area contributed by atoms with E-state index in [0.29, 0.717) is 21.7 Å². The molecule has 1 N–H and O–H groups in total. The van der Waals surface area contributed by atoms with Gasteiger partial charge in [-0.2, -0.15) is 8.42 Å². The van der Waals surface area contributed by atoms with Gasteiger partial charge in [-0.3, -0.25) is 4.55 Å². The van der Waals surface area contributed by atoms with Gasteiger partial charge in [0.15, 0.2) is 0 Å². The highest BCUT2D eigenvalue weighted by molar-refractivity contribution is 7.88. The number of hydrogen-bond acceptors (Lipinski definition) is 3. The maximum absolute atomic E-state index is 10.5. The molecule has 1 aromatic rings. The lowest BCUT2D eigenvalue weighted by Gasteiger charge is -2.39. The summed E-state index contributed by atoms with van der Waals surface area (Å²) < 4.78 is 35.9. The Labute approximate surface area is 225 Å². The topological polar surface area (TPSA) is 63.6 Å². The predicted octanol–water partition coefficient (Wildman–Crippen LogP) is 4.21. The quantitative estimate of drug-likeness (QED) is 0.182. The number of halogens is 2. The first-order valence-electron chi connectivity index (χ1n) is 12.0. The minimum atomic E-state index is -4.13. The van der Waals surface area contributed by atoms with Crippen molar-refractivity contribution in [2.24, 2.45) is 0 Å². The van der Waals surface area contributed by atoms with Crippen LogP contribution >= 0.6 is 11.6 Å². The summed E-state index contributed by atoms with van der Waals surface area (Å²) in [6, 6.07) is 4.72. The molecule has 5 nitrogen and oxygen atoms in total. The largest absolute Gasteiger partial charge is 1.00 e. The molecule has 194 valence electrons. The monoisotopic (exact) mass is 617 g/mol. The summed E-state index contributed by atoms with van der Waals surface area (Å²) >= 11 is 5.71. The van der Waals surface area contributed by atoms with Gasteiger partial charge in [-0.1, -0.05) is 65.0 Å². The standard InChI is InChI=1S/C16H36N.C9H9ClO4S.HI/c1-5-9-13-17(14-10-6-2,15-11-7-3)16-12-8-4;1-14-9-6-8(10)3-2-7(9)4-5-15(11,12)13;/h5-16H2,1-4H3;2-6H,1H3,(H,11,12,13);1H/q+1;;/p-1. The van der Waals surface area contributed by atoms with Gasteiger partial charge in [-0.15, -0.1) is 0 Å². The Morgan fingerprint density at radius 2 is 1.33 bits per heavy atom. The van der Waals surface area contributed by atoms with Crippen molar-refractivity contribution in [3.8, 4) is 5.75 Å². The second-order valence-electron chi connectivity index (χ2n) is 8.35. The molecule has 0 aliphatic heterocycles. The molecule has 1 rings (SSSR count). The molecule has 0 heterocycles. The summed E-state index contributed by atoms with van der Waals surface area (Å²) in [5.74, 6) is 0.433. The van der Waals surface area contributed by atoms with Crippen LogP contribution in [0.15, 0.2) is 23.6 Å². The minimum absolute atomic E-state index is 0. The molecule has 8 heteroatoms. The first kappa shape index (κ1) is 34.8. The SMILES string of the molecule is CCCC[N+](CCCC)(CCCC)CCCC.COc1cc(Cl)ccc1C=CS(=O)(=O)O.[I-]. The van der Waals surface area contributed by atoms with Crippen LogP contribution in [0.3, 0.4) is 0 Å². The second kappa shape index (κ2) is 19.9. The molecule has 0 unspecified atom stereocenters. The van der Waals surface area contributed by atoms with E-state index in [0.717, 1.165) is 0 Å². The molecule has 1 aromatic carbocycles. The highest BCUT2D eigenvalue weighted by Gasteiger charge is 2.24. The highest BCUT2D eigenvalue weighted by atomic mass is 127. The number of nitrogens with zero attached hydrogens (tertiary/aromatic N) is 1. The number of benzene rings is 1. The zero-order valence-electron chi connectivity index (χ0n) is 21.2. The highest BCUT2D eigenvalue weighted by Crippen LogP contribution is 2.24. The molecule has 0 fully saturated rings. The van der Waals surface area contributed by atoms with Crippen LogP contribution < -0.4 is 28.7 Å². The molecule has 0 saturated carbocycles. The average Bonchev–Trinajstić information content (AvgIpc) is 2.77. The molecule has 33 heavy (non-hydrogen) atoms. The Morgan fingerprint density at radius 1 is 0.909 bits per heavy atom. The summed E-state index contributed by atoms with van der Waals surface area (Å²) in [5.41, 5.74) is 0.513. The van der Waals surface area contributed by atoms with E-state index in [9.17, 15) is 8.42 Å². The molecule has 0 saturated heterocycles. The van der Waals surface area contributed by atoms with Crippen molar-refractivity contribution in [3.63, 3.8) is 0 Å². The van der Waals surface area contributed by atoms with Crippen LogP contribution in [0, 0.1) is 0 Å². The van der Waals surface area contributed by atoms with Gasteiger partial charge in [0.2, 0.25) is 0 Å². The van der Waals surface area contributed by atoms with Gasteiger partial charge in [-0.05, 0) is 50.0 Å². The molecule has 0 aliphatic carbocycles. The van der Waals surface area contributed by atoms with Crippen LogP contribution in [0.25, 0.3) is 6.08 Å². The molecule has 0 aliphatic rings. The molecular formula is C25H45ClINO4S. The summed E-state index contributed by atoms with van der Waals surface area (Å²) in [7, 11) is -2.69. The van der Waals surface area contributed by atoms with Crippen LogP contribution in [0.1, 0.15) is 84.6 Å². The van der Waals surface area contributed by atoms with Gasteiger partial charge in [0.25, 0.3) is 10.1 Å².